The monoisotopic (exact) mass is 563 g/mol. The van der Waals surface area contributed by atoms with Crippen molar-refractivity contribution in [1.29, 1.82) is 0 Å². The Labute approximate surface area is 219 Å². The minimum Gasteiger partial charge on any atom is -0.492 e. The summed E-state index contributed by atoms with van der Waals surface area (Å²) in [5.74, 6) is -0.971. The summed E-state index contributed by atoms with van der Waals surface area (Å²) in [6.45, 7) is 0. The van der Waals surface area contributed by atoms with Crippen molar-refractivity contribution < 1.29 is 15.1 Å². The number of aromatic hydroxyl groups is 1. The molecule has 0 aliphatic carbocycles. The first-order chi connectivity index (χ1) is 17.3. The van der Waals surface area contributed by atoms with Crippen LogP contribution in [-0.2, 0) is 11.2 Å². The number of hydrogen-bond donors (Lipinski definition) is 3. The summed E-state index contributed by atoms with van der Waals surface area (Å²) in [5, 5.41) is 23.1. The molecule has 0 radical (unpaired) electrons. The Bertz CT molecular complexity index is 1600. The Morgan fingerprint density at radius 3 is 2.53 bits per heavy atom. The molecular weight excluding hydrogens is 546 g/mol. The smallest absolute Gasteiger partial charge is 0.286 e. The fraction of sp³-hybridized carbons (Fsp3) is 0.0741. The summed E-state index contributed by atoms with van der Waals surface area (Å²) in [4.78, 5) is 30.3. The van der Waals surface area contributed by atoms with Crippen LogP contribution in [0, 0.1) is 0 Å². The molecule has 36 heavy (non-hydrogen) atoms. The van der Waals surface area contributed by atoms with Gasteiger partial charge in [0.05, 0.1) is 11.4 Å². The van der Waals surface area contributed by atoms with Gasteiger partial charge in [0.15, 0.2) is 0 Å². The van der Waals surface area contributed by atoms with Crippen molar-refractivity contribution in [2.24, 2.45) is 4.99 Å². The summed E-state index contributed by atoms with van der Waals surface area (Å²) in [5.41, 5.74) is 3.54. The fourth-order valence-electron chi connectivity index (χ4n) is 4.22. The number of carbonyl (C=O) groups excluding carboxylic acids is 1. The molecular formula is C27H19BrClN3O4. The zero-order valence-electron chi connectivity index (χ0n) is 18.7. The van der Waals surface area contributed by atoms with Crippen LogP contribution in [0.1, 0.15) is 16.7 Å². The van der Waals surface area contributed by atoms with E-state index in [0.29, 0.717) is 22.0 Å². The maximum Gasteiger partial charge on any atom is 0.286 e. The van der Waals surface area contributed by atoms with Gasteiger partial charge in [-0.2, -0.15) is 0 Å². The number of carbonyl (C=O) groups is 1. The quantitative estimate of drug-likeness (QED) is 0.294. The van der Waals surface area contributed by atoms with Crippen molar-refractivity contribution in [2.45, 2.75) is 12.5 Å². The lowest BCUT2D eigenvalue weighted by Gasteiger charge is -2.15. The normalized spacial score (nSPS) is 15.0. The second-order valence-corrected chi connectivity index (χ2v) is 9.65. The molecule has 180 valence electrons. The SMILES string of the molecule is O=C1Nc2ccc(Cl)cc2C(c2cc(O)n(O)c(=O)c2)=NC1Cc1ccccc1-c1cccc(Br)c1. The third-order valence-corrected chi connectivity index (χ3v) is 6.64. The van der Waals surface area contributed by atoms with E-state index in [4.69, 9.17) is 16.6 Å². The van der Waals surface area contributed by atoms with Gasteiger partial charge in [0.2, 0.25) is 11.8 Å². The van der Waals surface area contributed by atoms with Crippen LogP contribution in [0.15, 0.2) is 93.1 Å². The lowest BCUT2D eigenvalue weighted by molar-refractivity contribution is -0.117. The Balaban J connectivity index is 1.64. The molecule has 7 nitrogen and oxygen atoms in total. The van der Waals surface area contributed by atoms with Gasteiger partial charge in [-0.15, -0.1) is 4.73 Å². The molecule has 2 heterocycles. The van der Waals surface area contributed by atoms with E-state index in [-0.39, 0.29) is 22.6 Å². The van der Waals surface area contributed by atoms with Crippen LogP contribution in [0.2, 0.25) is 5.02 Å². The van der Waals surface area contributed by atoms with Crippen LogP contribution >= 0.6 is 27.5 Å². The first kappa shape index (κ1) is 23.8. The van der Waals surface area contributed by atoms with Crippen LogP contribution in [0.25, 0.3) is 11.1 Å². The maximum absolute atomic E-state index is 13.3. The Morgan fingerprint density at radius 1 is 0.944 bits per heavy atom. The number of rotatable bonds is 4. The average Bonchev–Trinajstić information content (AvgIpc) is 2.99. The van der Waals surface area contributed by atoms with Crippen LogP contribution in [-0.4, -0.2) is 32.7 Å². The first-order valence-electron chi connectivity index (χ1n) is 11.0. The van der Waals surface area contributed by atoms with Crippen molar-refractivity contribution in [2.75, 3.05) is 5.32 Å². The fourth-order valence-corrected chi connectivity index (χ4v) is 4.79. The van der Waals surface area contributed by atoms with Gasteiger partial charge < -0.3 is 15.6 Å². The second kappa shape index (κ2) is 9.64. The number of halogens is 2. The van der Waals surface area contributed by atoms with E-state index in [9.17, 15) is 19.9 Å². The Hall–Kier alpha value is -3.88. The predicted octanol–water partition coefficient (Wildman–Crippen LogP) is 5.27. The van der Waals surface area contributed by atoms with Gasteiger partial charge in [0, 0.05) is 39.2 Å². The summed E-state index contributed by atoms with van der Waals surface area (Å²) in [7, 11) is 0. The highest BCUT2D eigenvalue weighted by Crippen LogP contribution is 2.31. The van der Waals surface area contributed by atoms with Crippen LogP contribution in [0.5, 0.6) is 5.88 Å². The van der Waals surface area contributed by atoms with Gasteiger partial charge in [-0.1, -0.05) is 63.9 Å². The largest absolute Gasteiger partial charge is 0.492 e. The van der Waals surface area contributed by atoms with Gasteiger partial charge in [0.25, 0.3) is 5.56 Å². The van der Waals surface area contributed by atoms with Crippen LogP contribution in [0.3, 0.4) is 0 Å². The number of aliphatic imine (C=N–C) groups is 1. The highest BCUT2D eigenvalue weighted by Gasteiger charge is 2.28. The summed E-state index contributed by atoms with van der Waals surface area (Å²) in [6.07, 6.45) is 0.281. The molecule has 5 rings (SSSR count). The van der Waals surface area contributed by atoms with Gasteiger partial charge in [-0.25, -0.2) is 0 Å². The average molecular weight is 565 g/mol. The Morgan fingerprint density at radius 2 is 1.75 bits per heavy atom. The number of benzodiazepines with no additional fused rings is 1. The minimum absolute atomic E-state index is 0.134. The van der Waals surface area contributed by atoms with E-state index < -0.39 is 17.5 Å². The summed E-state index contributed by atoms with van der Waals surface area (Å²) >= 11 is 9.76. The number of nitrogens with zero attached hydrogens (tertiary/aromatic N) is 2. The zero-order valence-corrected chi connectivity index (χ0v) is 21.0. The van der Waals surface area contributed by atoms with Crippen molar-refractivity contribution >= 4 is 44.8 Å². The number of amides is 1. The number of pyridine rings is 1. The Kier molecular flexibility index (Phi) is 6.38. The number of aromatic nitrogens is 1. The number of benzene rings is 3. The molecule has 1 aromatic heterocycles. The third kappa shape index (κ3) is 4.65. The van der Waals surface area contributed by atoms with E-state index in [1.165, 1.54) is 6.07 Å². The topological polar surface area (TPSA) is 104 Å². The molecule has 1 aliphatic heterocycles. The van der Waals surface area contributed by atoms with Gasteiger partial charge >= 0.3 is 0 Å². The molecule has 4 aromatic rings. The van der Waals surface area contributed by atoms with Gasteiger partial charge in [-0.3, -0.25) is 14.6 Å². The molecule has 0 bridgehead atoms. The number of nitrogens with one attached hydrogen (secondary N) is 1. The predicted molar refractivity (Wildman–Crippen MR) is 142 cm³/mol. The van der Waals surface area contributed by atoms with E-state index in [1.54, 1.807) is 18.2 Å². The highest BCUT2D eigenvalue weighted by atomic mass is 79.9. The molecule has 1 unspecified atom stereocenters. The molecule has 3 aromatic carbocycles. The van der Waals surface area contributed by atoms with Crippen molar-refractivity contribution in [3.05, 3.63) is 115 Å². The van der Waals surface area contributed by atoms with E-state index >= 15 is 0 Å². The molecule has 1 atom stereocenters. The lowest BCUT2D eigenvalue weighted by atomic mass is 9.95. The number of fused-ring (bicyclic) bond motifs is 1. The van der Waals surface area contributed by atoms with E-state index in [0.717, 1.165) is 27.2 Å². The summed E-state index contributed by atoms with van der Waals surface area (Å²) < 4.78 is 1.07. The van der Waals surface area contributed by atoms with Crippen molar-refractivity contribution in [3.63, 3.8) is 0 Å². The minimum atomic E-state index is -0.849. The zero-order chi connectivity index (χ0) is 25.4. The second-order valence-electron chi connectivity index (χ2n) is 8.30. The van der Waals surface area contributed by atoms with E-state index in [1.807, 2.05) is 48.5 Å². The first-order valence-corrected chi connectivity index (χ1v) is 12.2. The molecule has 0 saturated carbocycles. The highest BCUT2D eigenvalue weighted by molar-refractivity contribution is 9.10. The molecule has 1 amide bonds. The summed E-state index contributed by atoms with van der Waals surface area (Å²) in [6, 6.07) is 22.1. The number of anilines is 1. The maximum atomic E-state index is 13.3. The van der Waals surface area contributed by atoms with E-state index in [2.05, 4.69) is 21.2 Å². The standard InChI is InChI=1S/C27H19BrClN3O4/c28-18-6-3-5-15(10-18)20-7-2-1-4-16(20)11-23-27(35)31-22-9-8-19(29)14-21(22)26(30-23)17-12-24(33)32(36)25(34)13-17/h1-10,12-14,23,33,36H,11H2,(H,31,35). The van der Waals surface area contributed by atoms with Crippen molar-refractivity contribution in [3.8, 4) is 17.0 Å². The van der Waals surface area contributed by atoms with Crippen LogP contribution < -0.4 is 10.9 Å². The molecule has 0 fully saturated rings. The molecule has 1 aliphatic rings. The molecule has 3 N–H and O–H groups in total. The molecule has 9 heteroatoms. The van der Waals surface area contributed by atoms with Crippen LogP contribution in [0.4, 0.5) is 5.69 Å². The van der Waals surface area contributed by atoms with Gasteiger partial charge in [0.1, 0.15) is 6.04 Å². The molecule has 0 saturated heterocycles. The van der Waals surface area contributed by atoms with Crippen molar-refractivity contribution in [1.82, 2.24) is 4.73 Å². The third-order valence-electron chi connectivity index (χ3n) is 5.91. The number of hydrogen-bond acceptors (Lipinski definition) is 5. The van der Waals surface area contributed by atoms with Gasteiger partial charge in [-0.05, 0) is 47.0 Å². The molecule has 0 spiro atoms. The lowest BCUT2D eigenvalue weighted by Crippen LogP contribution is -2.28.